The van der Waals surface area contributed by atoms with Gasteiger partial charge >= 0.3 is 5.97 Å². The summed E-state index contributed by atoms with van der Waals surface area (Å²) in [6.45, 7) is 4.87. The number of methoxy groups -OCH3 is 1. The topological polar surface area (TPSA) is 44.8 Å². The van der Waals surface area contributed by atoms with Gasteiger partial charge in [0.15, 0.2) is 6.10 Å². The minimum atomic E-state index is -0.574. The maximum absolute atomic E-state index is 11.8. The Labute approximate surface area is 143 Å². The van der Waals surface area contributed by atoms with Crippen molar-refractivity contribution in [1.82, 2.24) is 0 Å². The first-order valence-corrected chi connectivity index (χ1v) is 8.09. The zero-order valence-electron chi connectivity index (χ0n) is 14.5. The van der Waals surface area contributed by atoms with Gasteiger partial charge in [-0.3, -0.25) is 0 Å². The van der Waals surface area contributed by atoms with Crippen molar-refractivity contribution in [3.8, 4) is 5.75 Å². The number of benzene rings is 2. The Morgan fingerprint density at radius 1 is 1.12 bits per heavy atom. The number of hydrogen-bond acceptors (Lipinski definition) is 4. The van der Waals surface area contributed by atoms with Gasteiger partial charge in [-0.1, -0.05) is 36.4 Å². The third-order valence-corrected chi connectivity index (χ3v) is 3.80. The Hall–Kier alpha value is -2.33. The minimum Gasteiger partial charge on any atom is -0.489 e. The van der Waals surface area contributed by atoms with Gasteiger partial charge in [0, 0.05) is 13.0 Å². The van der Waals surface area contributed by atoms with Crippen LogP contribution in [-0.2, 0) is 27.3 Å². The monoisotopic (exact) mass is 328 g/mol. The number of ether oxygens (including phenoxy) is 3. The molecule has 0 saturated carbocycles. The van der Waals surface area contributed by atoms with Crippen molar-refractivity contribution in [3.63, 3.8) is 0 Å². The summed E-state index contributed by atoms with van der Waals surface area (Å²) in [5, 5.41) is 0. The van der Waals surface area contributed by atoms with Crippen LogP contribution in [0, 0.1) is 6.92 Å². The number of rotatable bonds is 8. The van der Waals surface area contributed by atoms with Crippen LogP contribution in [0.15, 0.2) is 48.5 Å². The Bertz CT molecular complexity index is 652. The Morgan fingerprint density at radius 2 is 1.88 bits per heavy atom. The molecule has 0 aliphatic carbocycles. The SMILES string of the molecule is CCOC(Cc1ccc(OCc2ccccc2)cc1C)C(=O)OC. The van der Waals surface area contributed by atoms with E-state index in [2.05, 4.69) is 0 Å². The first-order valence-electron chi connectivity index (χ1n) is 8.09. The van der Waals surface area contributed by atoms with Crippen molar-refractivity contribution < 1.29 is 19.0 Å². The highest BCUT2D eigenvalue weighted by Crippen LogP contribution is 2.20. The molecule has 2 aromatic rings. The molecule has 2 aromatic carbocycles. The van der Waals surface area contributed by atoms with Gasteiger partial charge in [-0.2, -0.15) is 0 Å². The van der Waals surface area contributed by atoms with E-state index in [1.165, 1.54) is 7.11 Å². The molecule has 2 rings (SSSR count). The lowest BCUT2D eigenvalue weighted by Gasteiger charge is -2.16. The Kier molecular flexibility index (Phi) is 6.82. The van der Waals surface area contributed by atoms with E-state index in [4.69, 9.17) is 14.2 Å². The van der Waals surface area contributed by atoms with Crippen molar-refractivity contribution in [1.29, 1.82) is 0 Å². The quantitative estimate of drug-likeness (QED) is 0.693. The van der Waals surface area contributed by atoms with Crippen molar-refractivity contribution in [2.45, 2.75) is 33.0 Å². The molecule has 1 atom stereocenters. The first-order chi connectivity index (χ1) is 11.6. The molecule has 24 heavy (non-hydrogen) atoms. The van der Waals surface area contributed by atoms with Crippen LogP contribution in [-0.4, -0.2) is 25.8 Å². The zero-order chi connectivity index (χ0) is 17.4. The summed E-state index contributed by atoms with van der Waals surface area (Å²) in [4.78, 5) is 11.8. The van der Waals surface area contributed by atoms with Gasteiger partial charge in [-0.05, 0) is 42.7 Å². The van der Waals surface area contributed by atoms with E-state index in [-0.39, 0.29) is 5.97 Å². The van der Waals surface area contributed by atoms with Crippen LogP contribution in [0.2, 0.25) is 0 Å². The standard InChI is InChI=1S/C20H24O4/c1-4-23-19(20(21)22-3)13-17-10-11-18(12-15(17)2)24-14-16-8-6-5-7-9-16/h5-12,19H,4,13-14H2,1-3H3. The summed E-state index contributed by atoms with van der Waals surface area (Å²) in [7, 11) is 1.38. The molecular weight excluding hydrogens is 304 g/mol. The van der Waals surface area contributed by atoms with Gasteiger partial charge in [0.05, 0.1) is 7.11 Å². The van der Waals surface area contributed by atoms with Gasteiger partial charge in [0.25, 0.3) is 0 Å². The molecular formula is C20H24O4. The molecule has 128 valence electrons. The number of carbonyl (C=O) groups excluding carboxylic acids is 1. The Balaban J connectivity index is 2.01. The van der Waals surface area contributed by atoms with Crippen LogP contribution in [0.1, 0.15) is 23.6 Å². The van der Waals surface area contributed by atoms with Crippen molar-refractivity contribution >= 4 is 5.97 Å². The van der Waals surface area contributed by atoms with Crippen LogP contribution < -0.4 is 4.74 Å². The smallest absolute Gasteiger partial charge is 0.335 e. The van der Waals surface area contributed by atoms with E-state index in [1.54, 1.807) is 0 Å². The van der Waals surface area contributed by atoms with Crippen LogP contribution >= 0.6 is 0 Å². The molecule has 4 heteroatoms. The predicted octanol–water partition coefficient (Wildman–Crippen LogP) is 3.69. The molecule has 0 spiro atoms. The molecule has 0 fully saturated rings. The fraction of sp³-hybridized carbons (Fsp3) is 0.350. The van der Waals surface area contributed by atoms with E-state index in [1.807, 2.05) is 62.4 Å². The average Bonchev–Trinajstić information content (AvgIpc) is 2.61. The Morgan fingerprint density at radius 3 is 2.50 bits per heavy atom. The van der Waals surface area contributed by atoms with E-state index in [0.29, 0.717) is 19.6 Å². The van der Waals surface area contributed by atoms with Gasteiger partial charge in [0.1, 0.15) is 12.4 Å². The molecule has 0 aliphatic heterocycles. The van der Waals surface area contributed by atoms with Crippen LogP contribution in [0.4, 0.5) is 0 Å². The molecule has 0 radical (unpaired) electrons. The van der Waals surface area contributed by atoms with Gasteiger partial charge in [0.2, 0.25) is 0 Å². The number of carbonyl (C=O) groups is 1. The van der Waals surface area contributed by atoms with Crippen molar-refractivity contribution in [3.05, 3.63) is 65.2 Å². The fourth-order valence-electron chi connectivity index (χ4n) is 2.47. The van der Waals surface area contributed by atoms with Crippen LogP contribution in [0.25, 0.3) is 0 Å². The normalized spacial score (nSPS) is 11.8. The van der Waals surface area contributed by atoms with E-state index in [9.17, 15) is 4.79 Å². The first kappa shape index (κ1) is 18.0. The van der Waals surface area contributed by atoms with Crippen LogP contribution in [0.3, 0.4) is 0 Å². The minimum absolute atomic E-state index is 0.347. The molecule has 0 N–H and O–H groups in total. The second kappa shape index (κ2) is 9.08. The molecule has 0 aromatic heterocycles. The summed E-state index contributed by atoms with van der Waals surface area (Å²) in [6.07, 6.45) is -0.0829. The molecule has 0 bridgehead atoms. The summed E-state index contributed by atoms with van der Waals surface area (Å²) in [6, 6.07) is 15.9. The predicted molar refractivity (Wildman–Crippen MR) is 93.1 cm³/mol. The number of aryl methyl sites for hydroxylation is 1. The molecule has 0 heterocycles. The van der Waals surface area contributed by atoms with Crippen molar-refractivity contribution in [2.24, 2.45) is 0 Å². The third-order valence-electron chi connectivity index (χ3n) is 3.80. The largest absolute Gasteiger partial charge is 0.489 e. The highest BCUT2D eigenvalue weighted by molar-refractivity contribution is 5.75. The fourth-order valence-corrected chi connectivity index (χ4v) is 2.47. The maximum atomic E-state index is 11.8. The summed E-state index contributed by atoms with van der Waals surface area (Å²) in [5.41, 5.74) is 3.24. The third kappa shape index (κ3) is 5.10. The summed E-state index contributed by atoms with van der Waals surface area (Å²) < 4.78 is 16.1. The van der Waals surface area contributed by atoms with Gasteiger partial charge < -0.3 is 14.2 Å². The highest BCUT2D eigenvalue weighted by Gasteiger charge is 2.20. The van der Waals surface area contributed by atoms with E-state index >= 15 is 0 Å². The molecule has 0 aliphatic rings. The van der Waals surface area contributed by atoms with Crippen molar-refractivity contribution in [2.75, 3.05) is 13.7 Å². The number of esters is 1. The highest BCUT2D eigenvalue weighted by atomic mass is 16.6. The van der Waals surface area contributed by atoms with E-state index < -0.39 is 6.10 Å². The van der Waals surface area contributed by atoms with E-state index in [0.717, 1.165) is 22.4 Å². The maximum Gasteiger partial charge on any atom is 0.335 e. The lowest BCUT2D eigenvalue weighted by molar-refractivity contribution is -0.153. The lowest BCUT2D eigenvalue weighted by Crippen LogP contribution is -2.28. The molecule has 4 nitrogen and oxygen atoms in total. The van der Waals surface area contributed by atoms with Gasteiger partial charge in [-0.15, -0.1) is 0 Å². The second-order valence-corrected chi connectivity index (χ2v) is 5.53. The van der Waals surface area contributed by atoms with Gasteiger partial charge in [-0.25, -0.2) is 4.79 Å². The molecule has 1 unspecified atom stereocenters. The second-order valence-electron chi connectivity index (χ2n) is 5.53. The molecule has 0 amide bonds. The van der Waals surface area contributed by atoms with Crippen LogP contribution in [0.5, 0.6) is 5.75 Å². The zero-order valence-corrected chi connectivity index (χ0v) is 14.5. The average molecular weight is 328 g/mol. The summed E-state index contributed by atoms with van der Waals surface area (Å²) >= 11 is 0. The summed E-state index contributed by atoms with van der Waals surface area (Å²) in [5.74, 6) is 0.465. The number of hydrogen-bond donors (Lipinski definition) is 0. The molecule has 0 saturated heterocycles. The lowest BCUT2D eigenvalue weighted by atomic mass is 10.0.